The Bertz CT molecular complexity index is 1030. The highest BCUT2D eigenvalue weighted by Gasteiger charge is 2.66. The molecule has 0 aromatic heterocycles. The fraction of sp³-hybridized carbons (Fsp3) is 0.517. The predicted molar refractivity (Wildman–Crippen MR) is 134 cm³/mol. The lowest BCUT2D eigenvalue weighted by Crippen LogP contribution is -2.59. The molecule has 1 amide bonds. The van der Waals surface area contributed by atoms with Crippen LogP contribution < -0.4 is 5.32 Å². The van der Waals surface area contributed by atoms with E-state index < -0.39 is 35.6 Å². The molecule has 4 rings (SSSR count). The quantitative estimate of drug-likeness (QED) is 0.445. The van der Waals surface area contributed by atoms with Crippen LogP contribution in [0.4, 0.5) is 0 Å². The first-order chi connectivity index (χ1) is 16.7. The number of carbonyl (C=O) groups excluding carboxylic acids is 2. The molecule has 6 heteroatoms. The van der Waals surface area contributed by atoms with E-state index in [2.05, 4.69) is 12.2 Å². The van der Waals surface area contributed by atoms with Gasteiger partial charge < -0.3 is 20.3 Å². The maximum atomic E-state index is 13.7. The number of rotatable bonds is 2. The third-order valence-electron chi connectivity index (χ3n) is 8.00. The van der Waals surface area contributed by atoms with Crippen LogP contribution in [-0.4, -0.2) is 45.9 Å². The van der Waals surface area contributed by atoms with Crippen LogP contribution in [0.15, 0.2) is 65.8 Å². The molecule has 1 saturated heterocycles. The molecule has 0 bridgehead atoms. The van der Waals surface area contributed by atoms with Crippen molar-refractivity contribution in [3.63, 3.8) is 0 Å². The number of carbonyl (C=O) groups is 2. The molecule has 1 aromatic rings. The number of benzene rings is 1. The first kappa shape index (κ1) is 25.4. The zero-order chi connectivity index (χ0) is 25.2. The third-order valence-corrected chi connectivity index (χ3v) is 8.00. The average Bonchev–Trinajstić information content (AvgIpc) is 3.09. The van der Waals surface area contributed by atoms with Crippen molar-refractivity contribution >= 4 is 11.9 Å². The molecule has 188 valence electrons. The largest absolute Gasteiger partial charge is 0.444 e. The van der Waals surface area contributed by atoms with Gasteiger partial charge in [0.05, 0.1) is 24.0 Å². The zero-order valence-electron chi connectivity index (χ0n) is 20.8. The maximum Gasteiger partial charge on any atom is 0.331 e. The van der Waals surface area contributed by atoms with Crippen LogP contribution in [-0.2, 0) is 20.7 Å². The van der Waals surface area contributed by atoms with E-state index in [1.54, 1.807) is 0 Å². The summed E-state index contributed by atoms with van der Waals surface area (Å²) in [7, 11) is 0. The summed E-state index contributed by atoms with van der Waals surface area (Å²) in [6, 6.07) is 9.62. The Morgan fingerprint density at radius 2 is 1.80 bits per heavy atom. The highest BCUT2D eigenvalue weighted by Crippen LogP contribution is 2.50. The van der Waals surface area contributed by atoms with Gasteiger partial charge in [0.2, 0.25) is 5.60 Å². The molecule has 2 aliphatic heterocycles. The van der Waals surface area contributed by atoms with Gasteiger partial charge in [-0.2, -0.15) is 0 Å². The molecule has 2 heterocycles. The fourth-order valence-corrected chi connectivity index (χ4v) is 5.97. The fourth-order valence-electron chi connectivity index (χ4n) is 5.97. The van der Waals surface area contributed by atoms with Crippen LogP contribution in [0.2, 0.25) is 0 Å². The molecule has 1 spiro atoms. The zero-order valence-corrected chi connectivity index (χ0v) is 20.8. The van der Waals surface area contributed by atoms with Crippen molar-refractivity contribution in [2.75, 3.05) is 0 Å². The smallest absolute Gasteiger partial charge is 0.331 e. The van der Waals surface area contributed by atoms with Crippen LogP contribution in [0, 0.1) is 17.8 Å². The van der Waals surface area contributed by atoms with Gasteiger partial charge in [0.15, 0.2) is 0 Å². The SMILES string of the molecule is CC1=C(C)[C@H]2[C@H](Cc3ccccc3)NC(=O)[C@]23OC(=O)/C=C/[C@H](O)CCC[C@@H](C)C/C=C/[C@H]3[C@@H]1O. The normalized spacial score (nSPS) is 38.0. The van der Waals surface area contributed by atoms with Gasteiger partial charge in [-0.25, -0.2) is 4.79 Å². The Balaban J connectivity index is 1.80. The maximum absolute atomic E-state index is 13.7. The molecule has 1 fully saturated rings. The molecule has 0 unspecified atom stereocenters. The summed E-state index contributed by atoms with van der Waals surface area (Å²) in [6.07, 6.45) is 8.56. The number of esters is 1. The number of nitrogens with one attached hydrogen (secondary N) is 1. The van der Waals surface area contributed by atoms with Crippen molar-refractivity contribution < 1.29 is 24.5 Å². The summed E-state index contributed by atoms with van der Waals surface area (Å²) >= 11 is 0. The molecule has 35 heavy (non-hydrogen) atoms. The van der Waals surface area contributed by atoms with Gasteiger partial charge in [-0.1, -0.05) is 67.8 Å². The van der Waals surface area contributed by atoms with Crippen LogP contribution >= 0.6 is 0 Å². The average molecular weight is 480 g/mol. The lowest BCUT2D eigenvalue weighted by Gasteiger charge is -2.46. The van der Waals surface area contributed by atoms with Gasteiger partial charge in [-0.3, -0.25) is 4.79 Å². The predicted octanol–water partition coefficient (Wildman–Crippen LogP) is 3.64. The summed E-state index contributed by atoms with van der Waals surface area (Å²) in [5.41, 5.74) is 1.18. The van der Waals surface area contributed by atoms with Crippen LogP contribution in [0.1, 0.15) is 52.0 Å². The molecule has 7 atom stereocenters. The van der Waals surface area contributed by atoms with E-state index in [9.17, 15) is 19.8 Å². The molecule has 0 saturated carbocycles. The van der Waals surface area contributed by atoms with E-state index in [1.165, 1.54) is 12.2 Å². The first-order valence-electron chi connectivity index (χ1n) is 12.7. The second-order valence-corrected chi connectivity index (χ2v) is 10.4. The highest BCUT2D eigenvalue weighted by atomic mass is 16.6. The second-order valence-electron chi connectivity index (χ2n) is 10.4. The number of amides is 1. The van der Waals surface area contributed by atoms with Crippen molar-refractivity contribution in [2.45, 2.75) is 76.7 Å². The summed E-state index contributed by atoms with van der Waals surface area (Å²) in [4.78, 5) is 26.8. The van der Waals surface area contributed by atoms with Crippen molar-refractivity contribution in [3.8, 4) is 0 Å². The summed E-state index contributed by atoms with van der Waals surface area (Å²) in [5, 5.41) is 24.7. The monoisotopic (exact) mass is 479 g/mol. The van der Waals surface area contributed by atoms with Gasteiger partial charge >= 0.3 is 5.97 Å². The number of aliphatic hydroxyl groups excluding tert-OH is 2. The molecule has 6 nitrogen and oxygen atoms in total. The van der Waals surface area contributed by atoms with E-state index in [4.69, 9.17) is 4.74 Å². The van der Waals surface area contributed by atoms with Gasteiger partial charge in [-0.05, 0) is 56.2 Å². The lowest BCUT2D eigenvalue weighted by molar-refractivity contribution is -0.175. The number of hydrogen-bond acceptors (Lipinski definition) is 5. The second kappa shape index (κ2) is 10.5. The van der Waals surface area contributed by atoms with E-state index >= 15 is 0 Å². The number of ether oxygens (including phenoxy) is 1. The molecule has 0 radical (unpaired) electrons. The Morgan fingerprint density at radius 3 is 2.54 bits per heavy atom. The Hall–Kier alpha value is -2.70. The molecule has 3 N–H and O–H groups in total. The minimum atomic E-state index is -1.57. The van der Waals surface area contributed by atoms with Gasteiger partial charge in [0.1, 0.15) is 0 Å². The molecule has 1 aromatic carbocycles. The van der Waals surface area contributed by atoms with E-state index in [0.29, 0.717) is 18.8 Å². The van der Waals surface area contributed by atoms with Crippen molar-refractivity contribution in [1.82, 2.24) is 5.32 Å². The Labute approximate surface area is 207 Å². The van der Waals surface area contributed by atoms with Crippen LogP contribution in [0.3, 0.4) is 0 Å². The molecule has 3 aliphatic rings. The topological polar surface area (TPSA) is 95.9 Å². The van der Waals surface area contributed by atoms with Crippen LogP contribution in [0.25, 0.3) is 0 Å². The van der Waals surface area contributed by atoms with Crippen molar-refractivity contribution in [2.24, 2.45) is 17.8 Å². The van der Waals surface area contributed by atoms with Crippen molar-refractivity contribution in [3.05, 3.63) is 71.3 Å². The molecular weight excluding hydrogens is 442 g/mol. The number of allylic oxidation sites excluding steroid dienone is 1. The van der Waals surface area contributed by atoms with Crippen molar-refractivity contribution in [1.29, 1.82) is 0 Å². The lowest BCUT2D eigenvalue weighted by atomic mass is 9.63. The van der Waals surface area contributed by atoms with Gasteiger partial charge in [0.25, 0.3) is 5.91 Å². The molecule has 1 aliphatic carbocycles. The summed E-state index contributed by atoms with van der Waals surface area (Å²) in [6.45, 7) is 5.97. The van der Waals surface area contributed by atoms with E-state index in [-0.39, 0.29) is 11.9 Å². The van der Waals surface area contributed by atoms with E-state index in [1.807, 2.05) is 56.3 Å². The summed E-state index contributed by atoms with van der Waals surface area (Å²) in [5.74, 6) is -1.82. The number of hydrogen-bond donors (Lipinski definition) is 3. The van der Waals surface area contributed by atoms with Gasteiger partial charge in [-0.15, -0.1) is 0 Å². The third kappa shape index (κ3) is 5.00. The Kier molecular flexibility index (Phi) is 7.62. The minimum absolute atomic E-state index is 0.288. The van der Waals surface area contributed by atoms with Gasteiger partial charge in [0, 0.05) is 12.1 Å². The standard InChI is InChI=1S/C29H37NO5/c1-18-9-7-13-22(31)15-16-25(32)35-29-23(14-8-10-18)27(33)20(3)19(2)26(29)24(30-28(29)34)17-21-11-5-4-6-12-21/h4-6,8,11-12,14-16,18,22-24,26-27,31,33H,7,9-10,13,17H2,1-3H3,(H,30,34)/b14-8+,16-15+/t18-,22-,23+,24+,26+,27-,29-/m1/s1. The van der Waals surface area contributed by atoms with E-state index in [0.717, 1.165) is 36.0 Å². The Morgan fingerprint density at radius 1 is 1.06 bits per heavy atom. The molecular formula is C29H37NO5. The summed E-state index contributed by atoms with van der Waals surface area (Å²) < 4.78 is 6.06. The minimum Gasteiger partial charge on any atom is -0.444 e. The first-order valence-corrected chi connectivity index (χ1v) is 12.7. The number of aliphatic hydroxyl groups is 2. The highest BCUT2D eigenvalue weighted by molar-refractivity contribution is 5.94. The van der Waals surface area contributed by atoms with Crippen LogP contribution in [0.5, 0.6) is 0 Å².